The average molecular weight is 1420 g/mol. The Morgan fingerprint density at radius 1 is 0.421 bits per heavy atom. The average Bonchev–Trinajstić information content (AvgIpc) is 1.54. The zero-order valence-electron chi connectivity index (χ0n) is 63.8. The van der Waals surface area contributed by atoms with Gasteiger partial charge in [0.2, 0.25) is 0 Å². The van der Waals surface area contributed by atoms with Gasteiger partial charge in [0.1, 0.15) is 11.5 Å². The van der Waals surface area contributed by atoms with Gasteiger partial charge in [-0.3, -0.25) is 0 Å². The standard InChI is InChI=1S/C102H103NO3S/c1-8-13-18-20-22-24-51-101(52-25-23-21-19-14-9-2)89-59-74(36-45-82(89)83-46-37-75(60-90(83)101)77-40-50-94-98(63-77)106-97-55-67(6)27-49-93(97)103(94)81-43-28-69(29-44-81)26-15-10-3)76-38-47-84-85-48-39-78(86-66-100-88(65-96(86)105-54-17-12-5)87-64-95(104-53-16-11-4)68(7)56-99(87)107-100)62-92(85)102(91(84)61-76,79-41-34-70-30-32-72(70)57-79)80-42-35-71-31-33-73(71)58-80/h11-12,27-29,34-50,55-66H,4-5,8-10,13-26,30-33,51-54H2,1-3,6-7H3. The van der Waals surface area contributed by atoms with Crippen molar-refractivity contribution in [2.75, 3.05) is 18.1 Å². The predicted octanol–water partition coefficient (Wildman–Crippen LogP) is 28.8. The molecule has 0 unspecified atom stereocenters. The van der Waals surface area contributed by atoms with E-state index < -0.39 is 5.41 Å². The maximum absolute atomic E-state index is 7.04. The Labute approximate surface area is 640 Å². The SMILES string of the molecule is C=CCCOc1cc2c(cc1C)sc1cc(-c3ccc4c(c3)C(c3ccc5c(c3)CC5)(c3ccc5c(c3)CC5)c3cc(-c5ccc6c(c5)C(CCCCCCCC)(CCCCCCCC)c5cc(-c7ccc8c(c7)Oc7cc(C)ccc7N8c7ccc(CCCC)cc7)ccc5-6)ccc3-4)c(OCCC=C)cc12. The van der Waals surface area contributed by atoms with Gasteiger partial charge in [-0.25, -0.2) is 0 Å². The summed E-state index contributed by atoms with van der Waals surface area (Å²) in [6.45, 7) is 20.5. The Kier molecular flexibility index (Phi) is 19.8. The van der Waals surface area contributed by atoms with Gasteiger partial charge in [0, 0.05) is 36.8 Å². The molecular formula is C102H103NO3S. The fourth-order valence-electron chi connectivity index (χ4n) is 18.8. The van der Waals surface area contributed by atoms with Crippen LogP contribution < -0.4 is 19.1 Å². The van der Waals surface area contributed by atoms with E-state index >= 15 is 0 Å². The summed E-state index contributed by atoms with van der Waals surface area (Å²) in [6.07, 6.45) is 30.8. The van der Waals surface area contributed by atoms with E-state index in [1.54, 1.807) is 0 Å². The minimum absolute atomic E-state index is 0.174. The van der Waals surface area contributed by atoms with Crippen LogP contribution in [0.4, 0.5) is 17.1 Å². The molecule has 12 aromatic rings. The highest BCUT2D eigenvalue weighted by atomic mass is 32.1. The van der Waals surface area contributed by atoms with Crippen molar-refractivity contribution < 1.29 is 14.2 Å². The first-order valence-electron chi connectivity index (χ1n) is 40.7. The van der Waals surface area contributed by atoms with Crippen LogP contribution in [0.2, 0.25) is 0 Å². The molecule has 0 saturated heterocycles. The summed E-state index contributed by atoms with van der Waals surface area (Å²) < 4.78 is 22.8. The first-order valence-corrected chi connectivity index (χ1v) is 41.6. The maximum atomic E-state index is 7.04. The number of hydrogen-bond acceptors (Lipinski definition) is 5. The van der Waals surface area contributed by atoms with Crippen molar-refractivity contribution in [3.8, 4) is 78.6 Å². The third kappa shape index (κ3) is 12.8. The zero-order valence-corrected chi connectivity index (χ0v) is 64.6. The quantitative estimate of drug-likeness (QED) is 0.0320. The van der Waals surface area contributed by atoms with E-state index in [9.17, 15) is 0 Å². The number of thiophene rings is 1. The van der Waals surface area contributed by atoms with Gasteiger partial charge in [-0.2, -0.15) is 0 Å². The zero-order chi connectivity index (χ0) is 72.8. The number of fused-ring (bicyclic) bond motifs is 13. The molecule has 0 bridgehead atoms. The molecule has 2 heterocycles. The van der Waals surface area contributed by atoms with E-state index in [0.717, 1.165) is 115 Å². The molecule has 5 aliphatic rings. The largest absolute Gasteiger partial charge is 0.493 e. The molecule has 107 heavy (non-hydrogen) atoms. The molecule has 0 atom stereocenters. The van der Waals surface area contributed by atoms with Crippen molar-refractivity contribution in [3.63, 3.8) is 0 Å². The lowest BCUT2D eigenvalue weighted by Crippen LogP contribution is -2.30. The Hall–Kier alpha value is -9.68. The van der Waals surface area contributed by atoms with E-state index in [1.165, 1.54) is 221 Å². The molecule has 0 amide bonds. The highest BCUT2D eigenvalue weighted by Crippen LogP contribution is 2.61. The van der Waals surface area contributed by atoms with E-state index in [0.29, 0.717) is 13.2 Å². The minimum atomic E-state index is -0.623. The number of aryl methyl sites for hydroxylation is 7. The van der Waals surface area contributed by atoms with E-state index in [1.807, 2.05) is 23.5 Å². The molecule has 4 aliphatic carbocycles. The number of unbranched alkanes of at least 4 members (excludes halogenated alkanes) is 11. The molecule has 0 fully saturated rings. The van der Waals surface area contributed by atoms with Gasteiger partial charge < -0.3 is 19.1 Å². The van der Waals surface area contributed by atoms with Gasteiger partial charge in [-0.1, -0.05) is 226 Å². The molecule has 540 valence electrons. The van der Waals surface area contributed by atoms with Crippen LogP contribution in [0.25, 0.3) is 75.8 Å². The topological polar surface area (TPSA) is 30.9 Å². The second kappa shape index (κ2) is 30.2. The van der Waals surface area contributed by atoms with Crippen LogP contribution in [0.5, 0.6) is 23.0 Å². The maximum Gasteiger partial charge on any atom is 0.152 e. The van der Waals surface area contributed by atoms with Crippen molar-refractivity contribution in [3.05, 3.63) is 292 Å². The minimum Gasteiger partial charge on any atom is -0.493 e. The van der Waals surface area contributed by atoms with Gasteiger partial charge in [-0.15, -0.1) is 24.5 Å². The Bertz CT molecular complexity index is 5320. The third-order valence-electron chi connectivity index (χ3n) is 24.8. The van der Waals surface area contributed by atoms with Gasteiger partial charge >= 0.3 is 0 Å². The Morgan fingerprint density at radius 2 is 0.897 bits per heavy atom. The van der Waals surface area contributed by atoms with Crippen molar-refractivity contribution in [2.45, 2.75) is 193 Å². The van der Waals surface area contributed by atoms with E-state index in [4.69, 9.17) is 14.2 Å². The smallest absolute Gasteiger partial charge is 0.152 e. The van der Waals surface area contributed by atoms with Gasteiger partial charge in [0.15, 0.2) is 11.5 Å². The van der Waals surface area contributed by atoms with Crippen molar-refractivity contribution in [1.82, 2.24) is 0 Å². The molecule has 0 radical (unpaired) electrons. The molecule has 5 heteroatoms. The van der Waals surface area contributed by atoms with E-state index in [2.05, 4.69) is 247 Å². The normalized spacial score (nSPS) is 14.2. The van der Waals surface area contributed by atoms with Crippen molar-refractivity contribution >= 4 is 48.6 Å². The van der Waals surface area contributed by atoms with Gasteiger partial charge in [0.05, 0.1) is 30.0 Å². The fraction of sp³-hybridized carbons (Fsp3) is 0.314. The Morgan fingerprint density at radius 3 is 1.46 bits per heavy atom. The van der Waals surface area contributed by atoms with Crippen LogP contribution in [-0.4, -0.2) is 13.2 Å². The highest BCUT2D eigenvalue weighted by Gasteiger charge is 2.49. The van der Waals surface area contributed by atoms with Crippen LogP contribution in [0.3, 0.4) is 0 Å². The fourth-order valence-corrected chi connectivity index (χ4v) is 20.0. The summed E-state index contributed by atoms with van der Waals surface area (Å²) in [5.41, 5.74) is 33.2. The Balaban J connectivity index is 0.804. The van der Waals surface area contributed by atoms with Crippen LogP contribution >= 0.6 is 11.3 Å². The third-order valence-corrected chi connectivity index (χ3v) is 25.9. The summed E-state index contributed by atoms with van der Waals surface area (Å²) in [4.78, 5) is 2.41. The number of benzene rings is 11. The van der Waals surface area contributed by atoms with Crippen LogP contribution in [-0.2, 0) is 42.9 Å². The summed E-state index contributed by atoms with van der Waals surface area (Å²) in [5, 5.41) is 2.38. The molecule has 0 saturated carbocycles. The van der Waals surface area contributed by atoms with E-state index in [-0.39, 0.29) is 5.41 Å². The predicted molar refractivity (Wildman–Crippen MR) is 453 cm³/mol. The number of nitrogens with zero attached hydrogens (tertiary/aromatic N) is 1. The number of anilines is 3. The molecule has 11 aromatic carbocycles. The summed E-state index contributed by atoms with van der Waals surface area (Å²) >= 11 is 1.86. The lowest BCUT2D eigenvalue weighted by atomic mass is 9.65. The molecule has 1 aromatic heterocycles. The number of hydrogen-bond donors (Lipinski definition) is 0. The molecule has 0 spiro atoms. The van der Waals surface area contributed by atoms with Crippen LogP contribution in [0.15, 0.2) is 219 Å². The molecule has 17 rings (SSSR count). The van der Waals surface area contributed by atoms with Crippen LogP contribution in [0, 0.1) is 13.8 Å². The monoisotopic (exact) mass is 1420 g/mol. The highest BCUT2D eigenvalue weighted by molar-refractivity contribution is 7.25. The second-order valence-electron chi connectivity index (χ2n) is 31.6. The summed E-state index contributed by atoms with van der Waals surface area (Å²) in [5.74, 6) is 3.59. The summed E-state index contributed by atoms with van der Waals surface area (Å²) in [7, 11) is 0. The molecule has 0 N–H and O–H groups in total. The molecular weight excluding hydrogens is 1320 g/mol. The summed E-state index contributed by atoms with van der Waals surface area (Å²) in [6, 6.07) is 77.5. The first kappa shape index (κ1) is 70.3. The first-order chi connectivity index (χ1) is 52.6. The number of rotatable bonds is 31. The van der Waals surface area contributed by atoms with Crippen molar-refractivity contribution in [1.29, 1.82) is 0 Å². The number of ether oxygens (including phenoxy) is 3. The van der Waals surface area contributed by atoms with Crippen LogP contribution in [0.1, 0.15) is 209 Å². The van der Waals surface area contributed by atoms with Gasteiger partial charge in [-0.05, 0) is 285 Å². The molecule has 4 nitrogen and oxygen atoms in total. The lowest BCUT2D eigenvalue weighted by Gasteiger charge is -2.37. The lowest BCUT2D eigenvalue weighted by molar-refractivity contribution is 0.323. The molecule has 1 aliphatic heterocycles. The van der Waals surface area contributed by atoms with Crippen molar-refractivity contribution in [2.24, 2.45) is 0 Å². The van der Waals surface area contributed by atoms with Gasteiger partial charge in [0.25, 0.3) is 0 Å². The second-order valence-corrected chi connectivity index (χ2v) is 32.7.